The van der Waals surface area contributed by atoms with Crippen LogP contribution >= 0.6 is 11.6 Å². The van der Waals surface area contributed by atoms with Gasteiger partial charge in [0, 0.05) is 12.4 Å². The van der Waals surface area contributed by atoms with Gasteiger partial charge >= 0.3 is 0 Å². The largest absolute Gasteiger partial charge is 0.378 e. The van der Waals surface area contributed by atoms with Crippen molar-refractivity contribution in [3.05, 3.63) is 0 Å². The van der Waals surface area contributed by atoms with E-state index in [4.69, 9.17) is 21.1 Å². The van der Waals surface area contributed by atoms with E-state index in [2.05, 4.69) is 25.7 Å². The Kier molecular flexibility index (Phi) is 19.6. The van der Waals surface area contributed by atoms with E-state index < -0.39 is 0 Å². The Balaban J connectivity index is 3.62. The molecule has 4 heteroatoms. The maximum Gasteiger partial charge on any atom is 0.0711 e. The average molecular weight is 364 g/mol. The summed E-state index contributed by atoms with van der Waals surface area (Å²) in [5.74, 6) is 0.591. The first-order valence-corrected chi connectivity index (χ1v) is 10.8. The SMILES string of the molecule is CCCCCC[C@@H](CCl)OCCOCCN(CCCC)CCCC. The molecule has 0 saturated carbocycles. The molecule has 0 saturated heterocycles. The Labute approximate surface area is 156 Å². The first-order chi connectivity index (χ1) is 11.8. The number of hydrogen-bond donors (Lipinski definition) is 0. The highest BCUT2D eigenvalue weighted by Gasteiger charge is 2.07. The van der Waals surface area contributed by atoms with Gasteiger partial charge in [0.1, 0.15) is 0 Å². The number of hydrogen-bond acceptors (Lipinski definition) is 3. The van der Waals surface area contributed by atoms with Gasteiger partial charge in [0.25, 0.3) is 0 Å². The van der Waals surface area contributed by atoms with E-state index in [1.165, 1.54) is 64.5 Å². The molecule has 0 aliphatic heterocycles. The average Bonchev–Trinajstić information content (AvgIpc) is 2.61. The highest BCUT2D eigenvalue weighted by molar-refractivity contribution is 6.18. The molecule has 1 atom stereocenters. The van der Waals surface area contributed by atoms with Crippen LogP contribution in [-0.4, -0.2) is 56.3 Å². The van der Waals surface area contributed by atoms with Crippen LogP contribution in [-0.2, 0) is 9.47 Å². The fraction of sp³-hybridized carbons (Fsp3) is 1.00. The molecular formula is C20H42ClNO2. The Morgan fingerprint density at radius 2 is 1.42 bits per heavy atom. The van der Waals surface area contributed by atoms with Crippen LogP contribution in [0.3, 0.4) is 0 Å². The maximum absolute atomic E-state index is 5.99. The van der Waals surface area contributed by atoms with Crippen molar-refractivity contribution in [1.29, 1.82) is 0 Å². The molecule has 0 spiro atoms. The quantitative estimate of drug-likeness (QED) is 0.223. The minimum Gasteiger partial charge on any atom is -0.378 e. The molecule has 0 rings (SSSR count). The van der Waals surface area contributed by atoms with Gasteiger partial charge in [0.2, 0.25) is 0 Å². The molecule has 0 radical (unpaired) electrons. The van der Waals surface area contributed by atoms with Crippen molar-refractivity contribution in [2.45, 2.75) is 84.7 Å². The Bertz CT molecular complexity index is 234. The van der Waals surface area contributed by atoms with Crippen LogP contribution in [0.2, 0.25) is 0 Å². The summed E-state index contributed by atoms with van der Waals surface area (Å²) in [4.78, 5) is 2.53. The summed E-state index contributed by atoms with van der Waals surface area (Å²) < 4.78 is 11.6. The molecule has 0 heterocycles. The monoisotopic (exact) mass is 363 g/mol. The standard InChI is InChI=1S/C20H42ClNO2/c1-4-7-10-11-12-20(19-21)24-18-17-23-16-15-22(13-8-5-2)14-9-6-3/h20H,4-19H2,1-3H3/t20-/m0/s1. The molecular weight excluding hydrogens is 322 g/mol. The summed E-state index contributed by atoms with van der Waals surface area (Å²) >= 11 is 5.99. The first-order valence-electron chi connectivity index (χ1n) is 10.3. The molecule has 0 aliphatic rings. The number of ether oxygens (including phenoxy) is 2. The molecule has 0 aromatic carbocycles. The van der Waals surface area contributed by atoms with E-state index in [-0.39, 0.29) is 6.10 Å². The number of alkyl halides is 1. The molecule has 0 aromatic rings. The molecule has 0 fully saturated rings. The summed E-state index contributed by atoms with van der Waals surface area (Å²) in [6.07, 6.45) is 11.4. The fourth-order valence-electron chi connectivity index (χ4n) is 2.67. The zero-order valence-corrected chi connectivity index (χ0v) is 17.3. The van der Waals surface area contributed by atoms with Crippen LogP contribution in [0.5, 0.6) is 0 Å². The van der Waals surface area contributed by atoms with Gasteiger partial charge in [-0.2, -0.15) is 0 Å². The third-order valence-electron chi connectivity index (χ3n) is 4.34. The van der Waals surface area contributed by atoms with Crippen molar-refractivity contribution in [3.63, 3.8) is 0 Å². The van der Waals surface area contributed by atoms with Crippen molar-refractivity contribution in [2.75, 3.05) is 45.3 Å². The first kappa shape index (κ1) is 24.2. The lowest BCUT2D eigenvalue weighted by Gasteiger charge is -2.22. The molecule has 24 heavy (non-hydrogen) atoms. The smallest absolute Gasteiger partial charge is 0.0711 e. The Hall–Kier alpha value is 0.170. The van der Waals surface area contributed by atoms with Crippen molar-refractivity contribution in [2.24, 2.45) is 0 Å². The lowest BCUT2D eigenvalue weighted by atomic mass is 10.1. The number of nitrogens with zero attached hydrogens (tertiary/aromatic N) is 1. The van der Waals surface area contributed by atoms with Crippen LogP contribution < -0.4 is 0 Å². The van der Waals surface area contributed by atoms with Gasteiger partial charge in [-0.25, -0.2) is 0 Å². The van der Waals surface area contributed by atoms with Crippen LogP contribution in [0.1, 0.15) is 78.6 Å². The van der Waals surface area contributed by atoms with E-state index >= 15 is 0 Å². The number of rotatable bonds is 19. The van der Waals surface area contributed by atoms with E-state index in [0.29, 0.717) is 19.1 Å². The van der Waals surface area contributed by atoms with E-state index in [0.717, 1.165) is 19.6 Å². The Morgan fingerprint density at radius 1 is 0.750 bits per heavy atom. The van der Waals surface area contributed by atoms with Crippen LogP contribution in [0.4, 0.5) is 0 Å². The van der Waals surface area contributed by atoms with Crippen molar-refractivity contribution in [1.82, 2.24) is 4.90 Å². The van der Waals surface area contributed by atoms with Gasteiger partial charge < -0.3 is 14.4 Å². The van der Waals surface area contributed by atoms with E-state index in [1.807, 2.05) is 0 Å². The molecule has 3 nitrogen and oxygen atoms in total. The predicted molar refractivity (Wildman–Crippen MR) is 106 cm³/mol. The van der Waals surface area contributed by atoms with Crippen LogP contribution in [0.25, 0.3) is 0 Å². The molecule has 0 bridgehead atoms. The zero-order valence-electron chi connectivity index (χ0n) is 16.5. The lowest BCUT2D eigenvalue weighted by Crippen LogP contribution is -2.30. The van der Waals surface area contributed by atoms with Gasteiger partial charge in [-0.3, -0.25) is 0 Å². The minimum atomic E-state index is 0.192. The van der Waals surface area contributed by atoms with Gasteiger partial charge in [-0.15, -0.1) is 11.6 Å². The van der Waals surface area contributed by atoms with E-state index in [1.54, 1.807) is 0 Å². The molecule has 0 N–H and O–H groups in total. The summed E-state index contributed by atoms with van der Waals surface area (Å²) in [5, 5.41) is 0. The van der Waals surface area contributed by atoms with Gasteiger partial charge in [-0.1, -0.05) is 59.3 Å². The van der Waals surface area contributed by atoms with Gasteiger partial charge in [0.15, 0.2) is 0 Å². The van der Waals surface area contributed by atoms with Crippen LogP contribution in [0, 0.1) is 0 Å². The normalized spacial score (nSPS) is 12.9. The molecule has 0 unspecified atom stereocenters. The van der Waals surface area contributed by atoms with Crippen molar-refractivity contribution in [3.8, 4) is 0 Å². The topological polar surface area (TPSA) is 21.7 Å². The predicted octanol–water partition coefficient (Wildman–Crippen LogP) is 5.50. The third kappa shape index (κ3) is 15.7. The molecule has 0 amide bonds. The number of halogens is 1. The lowest BCUT2D eigenvalue weighted by molar-refractivity contribution is 0.00507. The highest BCUT2D eigenvalue weighted by Crippen LogP contribution is 2.09. The second kappa shape index (κ2) is 19.5. The Morgan fingerprint density at radius 3 is 2.00 bits per heavy atom. The van der Waals surface area contributed by atoms with Gasteiger partial charge in [-0.05, 0) is 32.4 Å². The van der Waals surface area contributed by atoms with Crippen molar-refractivity contribution < 1.29 is 9.47 Å². The van der Waals surface area contributed by atoms with Crippen LogP contribution in [0.15, 0.2) is 0 Å². The zero-order chi connectivity index (χ0) is 17.9. The molecule has 0 aliphatic carbocycles. The summed E-state index contributed by atoms with van der Waals surface area (Å²) in [6, 6.07) is 0. The fourth-order valence-corrected chi connectivity index (χ4v) is 2.92. The van der Waals surface area contributed by atoms with Crippen molar-refractivity contribution >= 4 is 11.6 Å². The molecule has 0 aromatic heterocycles. The second-order valence-corrected chi connectivity index (χ2v) is 6.97. The molecule has 146 valence electrons. The summed E-state index contributed by atoms with van der Waals surface area (Å²) in [6.45, 7) is 12.3. The summed E-state index contributed by atoms with van der Waals surface area (Å²) in [7, 11) is 0. The number of unbranched alkanes of at least 4 members (excludes halogenated alkanes) is 5. The maximum atomic E-state index is 5.99. The second-order valence-electron chi connectivity index (χ2n) is 6.66. The highest BCUT2D eigenvalue weighted by atomic mass is 35.5. The minimum absolute atomic E-state index is 0.192. The van der Waals surface area contributed by atoms with Gasteiger partial charge in [0.05, 0.1) is 25.9 Å². The van der Waals surface area contributed by atoms with E-state index in [9.17, 15) is 0 Å². The summed E-state index contributed by atoms with van der Waals surface area (Å²) in [5.41, 5.74) is 0. The third-order valence-corrected chi connectivity index (χ3v) is 4.68.